The van der Waals surface area contributed by atoms with Gasteiger partial charge in [0.2, 0.25) is 20.0 Å². The van der Waals surface area contributed by atoms with Gasteiger partial charge in [-0.25, -0.2) is 21.6 Å². The lowest BCUT2D eigenvalue weighted by molar-refractivity contribution is 0.191. The summed E-state index contributed by atoms with van der Waals surface area (Å²) in [6, 6.07) is 11.4. The van der Waals surface area contributed by atoms with Crippen molar-refractivity contribution in [3.63, 3.8) is 0 Å². The average Bonchev–Trinajstić information content (AvgIpc) is 2.88. The molecule has 1 N–H and O–H groups in total. The van der Waals surface area contributed by atoms with E-state index in [1.54, 1.807) is 10.4 Å². The molecular weight excluding hydrogens is 482 g/mol. The molecule has 0 radical (unpaired) electrons. The van der Waals surface area contributed by atoms with Crippen molar-refractivity contribution >= 4 is 20.0 Å². The molecule has 0 bridgehead atoms. The van der Waals surface area contributed by atoms with Gasteiger partial charge in [0.1, 0.15) is 0 Å². The van der Waals surface area contributed by atoms with Crippen LogP contribution in [0.5, 0.6) is 0 Å². The SMILES string of the molecule is CCc1ccc(CC)c(S(=O)(=O)NCCN2CCN(S(=O)(=O)c3cc(CC)ccc3CC)CC2)c1. The van der Waals surface area contributed by atoms with Gasteiger partial charge in [-0.15, -0.1) is 0 Å². The van der Waals surface area contributed by atoms with Crippen molar-refractivity contribution in [2.24, 2.45) is 0 Å². The summed E-state index contributed by atoms with van der Waals surface area (Å²) in [5.41, 5.74) is 3.67. The maximum atomic E-state index is 13.4. The number of sulfonamides is 2. The zero-order valence-electron chi connectivity index (χ0n) is 21.4. The number of rotatable bonds is 11. The van der Waals surface area contributed by atoms with E-state index < -0.39 is 20.0 Å². The van der Waals surface area contributed by atoms with E-state index in [-0.39, 0.29) is 6.54 Å². The van der Waals surface area contributed by atoms with Gasteiger partial charge in [-0.05, 0) is 60.1 Å². The first-order valence-corrected chi connectivity index (χ1v) is 15.5. The second kappa shape index (κ2) is 12.0. The van der Waals surface area contributed by atoms with E-state index in [2.05, 4.69) is 9.62 Å². The van der Waals surface area contributed by atoms with Gasteiger partial charge in [0, 0.05) is 39.3 Å². The molecule has 2 aromatic rings. The molecule has 0 spiro atoms. The zero-order chi connectivity index (χ0) is 25.6. The highest BCUT2D eigenvalue weighted by Gasteiger charge is 2.30. The molecule has 1 heterocycles. The first kappa shape index (κ1) is 27.8. The Kier molecular flexibility index (Phi) is 9.51. The van der Waals surface area contributed by atoms with E-state index in [1.165, 1.54) is 0 Å². The van der Waals surface area contributed by atoms with E-state index in [0.29, 0.717) is 55.4 Å². The Labute approximate surface area is 211 Å². The number of nitrogens with one attached hydrogen (secondary N) is 1. The molecule has 0 aliphatic carbocycles. The van der Waals surface area contributed by atoms with Crippen LogP contribution < -0.4 is 4.72 Å². The van der Waals surface area contributed by atoms with Gasteiger partial charge in [-0.2, -0.15) is 4.31 Å². The number of nitrogens with zero attached hydrogens (tertiary/aromatic N) is 2. The summed E-state index contributed by atoms with van der Waals surface area (Å²) in [5.74, 6) is 0. The molecule has 0 amide bonds. The predicted octanol–water partition coefficient (Wildman–Crippen LogP) is 3.22. The van der Waals surface area contributed by atoms with Gasteiger partial charge >= 0.3 is 0 Å². The van der Waals surface area contributed by atoms with Crippen molar-refractivity contribution in [3.8, 4) is 0 Å². The number of aryl methyl sites for hydroxylation is 4. The summed E-state index contributed by atoms with van der Waals surface area (Å²) < 4.78 is 57.0. The molecule has 1 saturated heterocycles. The molecule has 1 aliphatic rings. The lowest BCUT2D eigenvalue weighted by Crippen LogP contribution is -2.50. The standard InChI is InChI=1S/C26H39N3O4S2/c1-5-21-9-11-23(7-3)25(19-21)34(30,31)27-13-14-28-15-17-29(18-16-28)35(32,33)26-20-22(6-2)10-12-24(26)8-4/h9-12,19-20,27H,5-8,13-18H2,1-4H3. The molecule has 0 unspecified atom stereocenters. The van der Waals surface area contributed by atoms with E-state index in [1.807, 2.05) is 58.0 Å². The van der Waals surface area contributed by atoms with Crippen LogP contribution in [0.1, 0.15) is 49.9 Å². The fourth-order valence-corrected chi connectivity index (χ4v) is 7.61. The smallest absolute Gasteiger partial charge is 0.243 e. The molecule has 0 aromatic heterocycles. The quantitative estimate of drug-likeness (QED) is 0.491. The molecule has 3 rings (SSSR count). The van der Waals surface area contributed by atoms with Crippen LogP contribution in [0, 0.1) is 0 Å². The number of hydrogen-bond acceptors (Lipinski definition) is 5. The van der Waals surface area contributed by atoms with Gasteiger partial charge in [0.15, 0.2) is 0 Å². The summed E-state index contributed by atoms with van der Waals surface area (Å²) in [7, 11) is -7.16. The summed E-state index contributed by atoms with van der Waals surface area (Å²) in [5, 5.41) is 0. The Morgan fingerprint density at radius 3 is 1.74 bits per heavy atom. The minimum absolute atomic E-state index is 0.285. The highest BCUT2D eigenvalue weighted by molar-refractivity contribution is 7.89. The maximum Gasteiger partial charge on any atom is 0.243 e. The molecule has 9 heteroatoms. The van der Waals surface area contributed by atoms with Gasteiger partial charge < -0.3 is 0 Å². The van der Waals surface area contributed by atoms with Crippen LogP contribution in [0.4, 0.5) is 0 Å². The molecule has 7 nitrogen and oxygen atoms in total. The Morgan fingerprint density at radius 1 is 0.714 bits per heavy atom. The predicted molar refractivity (Wildman–Crippen MR) is 141 cm³/mol. The fraction of sp³-hybridized carbons (Fsp3) is 0.538. The van der Waals surface area contributed by atoms with Crippen LogP contribution in [0.3, 0.4) is 0 Å². The lowest BCUT2D eigenvalue weighted by Gasteiger charge is -2.34. The minimum Gasteiger partial charge on any atom is -0.299 e. The normalized spacial score (nSPS) is 16.0. The first-order valence-electron chi connectivity index (χ1n) is 12.6. The van der Waals surface area contributed by atoms with Crippen molar-refractivity contribution < 1.29 is 16.8 Å². The molecule has 1 fully saturated rings. The highest BCUT2D eigenvalue weighted by atomic mass is 32.2. The largest absolute Gasteiger partial charge is 0.299 e. The second-order valence-electron chi connectivity index (χ2n) is 8.94. The zero-order valence-corrected chi connectivity index (χ0v) is 23.0. The Bertz CT molecular complexity index is 1220. The summed E-state index contributed by atoms with van der Waals surface area (Å²) >= 11 is 0. The molecule has 1 aliphatic heterocycles. The second-order valence-corrected chi connectivity index (χ2v) is 12.6. The molecule has 194 valence electrons. The fourth-order valence-electron chi connectivity index (χ4n) is 4.46. The highest BCUT2D eigenvalue weighted by Crippen LogP contribution is 2.24. The van der Waals surface area contributed by atoms with E-state index >= 15 is 0 Å². The molecule has 0 atom stereocenters. The van der Waals surface area contributed by atoms with Crippen molar-refractivity contribution in [1.82, 2.24) is 13.9 Å². The Hall–Kier alpha value is -1.78. The van der Waals surface area contributed by atoms with Gasteiger partial charge in [0.05, 0.1) is 9.79 Å². The van der Waals surface area contributed by atoms with Gasteiger partial charge in [-0.1, -0.05) is 52.0 Å². The van der Waals surface area contributed by atoms with Crippen molar-refractivity contribution in [2.75, 3.05) is 39.3 Å². The van der Waals surface area contributed by atoms with Crippen LogP contribution >= 0.6 is 0 Å². The molecule has 2 aromatic carbocycles. The van der Waals surface area contributed by atoms with Crippen LogP contribution in [-0.4, -0.2) is 65.3 Å². The van der Waals surface area contributed by atoms with Crippen molar-refractivity contribution in [2.45, 2.75) is 63.2 Å². The minimum atomic E-state index is -3.60. The Morgan fingerprint density at radius 2 is 1.23 bits per heavy atom. The monoisotopic (exact) mass is 521 g/mol. The summed E-state index contributed by atoms with van der Waals surface area (Å²) in [4.78, 5) is 2.89. The molecule has 0 saturated carbocycles. The van der Waals surface area contributed by atoms with Crippen molar-refractivity contribution in [3.05, 3.63) is 58.7 Å². The van der Waals surface area contributed by atoms with Crippen LogP contribution in [0.15, 0.2) is 46.2 Å². The van der Waals surface area contributed by atoms with Crippen LogP contribution in [0.25, 0.3) is 0 Å². The third-order valence-corrected chi connectivity index (χ3v) is 10.3. The number of hydrogen-bond donors (Lipinski definition) is 1. The van der Waals surface area contributed by atoms with Crippen molar-refractivity contribution in [1.29, 1.82) is 0 Å². The average molecular weight is 522 g/mol. The number of piperazine rings is 1. The van der Waals surface area contributed by atoms with Gasteiger partial charge in [-0.3, -0.25) is 4.90 Å². The first-order chi connectivity index (χ1) is 16.7. The van der Waals surface area contributed by atoms with Crippen LogP contribution in [-0.2, 0) is 45.7 Å². The lowest BCUT2D eigenvalue weighted by atomic mass is 10.1. The van der Waals surface area contributed by atoms with E-state index in [0.717, 1.165) is 35.1 Å². The van der Waals surface area contributed by atoms with Crippen LogP contribution in [0.2, 0.25) is 0 Å². The molecule has 35 heavy (non-hydrogen) atoms. The van der Waals surface area contributed by atoms with E-state index in [9.17, 15) is 16.8 Å². The summed E-state index contributed by atoms with van der Waals surface area (Å²) in [6.07, 6.45) is 2.89. The van der Waals surface area contributed by atoms with E-state index in [4.69, 9.17) is 0 Å². The third-order valence-electron chi connectivity index (χ3n) is 6.80. The molecular formula is C26H39N3O4S2. The van der Waals surface area contributed by atoms with Gasteiger partial charge in [0.25, 0.3) is 0 Å². The third kappa shape index (κ3) is 6.51. The number of benzene rings is 2. The maximum absolute atomic E-state index is 13.4. The summed E-state index contributed by atoms with van der Waals surface area (Å²) in [6.45, 7) is 10.7. The topological polar surface area (TPSA) is 86.8 Å². The Balaban J connectivity index is 1.60.